The highest BCUT2D eigenvalue weighted by Gasteiger charge is 2.20. The first-order chi connectivity index (χ1) is 14.9. The predicted octanol–water partition coefficient (Wildman–Crippen LogP) is 3.91. The molecule has 0 unspecified atom stereocenters. The molecule has 2 aromatic rings. The standard InChI is InChI=1S/C23H26ClF2N3O2/c24-17-5-3-16(4-6-17)15-29-12-9-19(10-13-29)28-22(30)2-1-11-27-23(31)20-8-7-18(25)14-21(20)26/h3-8,14,19H,1-2,9-13,15H2,(H,27,31)(H,28,30). The van der Waals surface area contributed by atoms with Crippen molar-refractivity contribution in [3.05, 3.63) is 70.2 Å². The maximum Gasteiger partial charge on any atom is 0.254 e. The SMILES string of the molecule is O=C(CCCNC(=O)c1ccc(F)cc1F)NC1CCN(Cc2ccc(Cl)cc2)CC1. The number of rotatable bonds is 8. The highest BCUT2D eigenvalue weighted by Crippen LogP contribution is 2.16. The van der Waals surface area contributed by atoms with Gasteiger partial charge < -0.3 is 10.6 Å². The van der Waals surface area contributed by atoms with Crippen LogP contribution < -0.4 is 10.6 Å². The molecule has 3 rings (SSSR count). The molecule has 1 aliphatic rings. The van der Waals surface area contributed by atoms with Crippen LogP contribution in [0.1, 0.15) is 41.6 Å². The van der Waals surface area contributed by atoms with Crippen molar-refractivity contribution in [3.8, 4) is 0 Å². The Kier molecular flexibility index (Phi) is 8.37. The summed E-state index contributed by atoms with van der Waals surface area (Å²) in [4.78, 5) is 26.5. The molecule has 2 amide bonds. The Labute approximate surface area is 185 Å². The quantitative estimate of drug-likeness (QED) is 0.601. The second kappa shape index (κ2) is 11.2. The normalized spacial score (nSPS) is 14.9. The number of hydrogen-bond donors (Lipinski definition) is 2. The van der Waals surface area contributed by atoms with E-state index in [4.69, 9.17) is 11.6 Å². The molecule has 0 aromatic heterocycles. The lowest BCUT2D eigenvalue weighted by molar-refractivity contribution is -0.122. The van der Waals surface area contributed by atoms with Gasteiger partial charge in [0.1, 0.15) is 11.6 Å². The van der Waals surface area contributed by atoms with E-state index in [0.717, 1.165) is 49.6 Å². The van der Waals surface area contributed by atoms with Crippen LogP contribution in [0.25, 0.3) is 0 Å². The van der Waals surface area contributed by atoms with Gasteiger partial charge in [0.2, 0.25) is 5.91 Å². The van der Waals surface area contributed by atoms with Crippen LogP contribution in [0.5, 0.6) is 0 Å². The third kappa shape index (κ3) is 7.29. The van der Waals surface area contributed by atoms with Gasteiger partial charge in [-0.3, -0.25) is 14.5 Å². The van der Waals surface area contributed by atoms with Crippen molar-refractivity contribution in [2.75, 3.05) is 19.6 Å². The first-order valence-corrected chi connectivity index (χ1v) is 10.8. The number of nitrogens with zero attached hydrogens (tertiary/aromatic N) is 1. The minimum absolute atomic E-state index is 0.0571. The lowest BCUT2D eigenvalue weighted by Crippen LogP contribution is -2.44. The van der Waals surface area contributed by atoms with Gasteiger partial charge in [-0.25, -0.2) is 8.78 Å². The van der Waals surface area contributed by atoms with E-state index in [1.807, 2.05) is 24.3 Å². The third-order valence-electron chi connectivity index (χ3n) is 5.31. The smallest absolute Gasteiger partial charge is 0.254 e. The molecule has 166 valence electrons. The molecule has 31 heavy (non-hydrogen) atoms. The topological polar surface area (TPSA) is 61.4 Å². The highest BCUT2D eigenvalue weighted by atomic mass is 35.5. The van der Waals surface area contributed by atoms with Gasteiger partial charge in [-0.2, -0.15) is 0 Å². The zero-order chi connectivity index (χ0) is 22.2. The molecule has 2 N–H and O–H groups in total. The van der Waals surface area contributed by atoms with Gasteiger partial charge in [0, 0.05) is 49.7 Å². The average Bonchev–Trinajstić information content (AvgIpc) is 2.74. The average molecular weight is 450 g/mol. The van der Waals surface area contributed by atoms with E-state index in [2.05, 4.69) is 15.5 Å². The lowest BCUT2D eigenvalue weighted by Gasteiger charge is -2.32. The number of benzene rings is 2. The van der Waals surface area contributed by atoms with E-state index in [1.54, 1.807) is 0 Å². The molecule has 1 fully saturated rings. The molecule has 0 saturated carbocycles. The molecule has 1 saturated heterocycles. The first-order valence-electron chi connectivity index (χ1n) is 10.4. The Bertz CT molecular complexity index is 900. The minimum Gasteiger partial charge on any atom is -0.353 e. The largest absolute Gasteiger partial charge is 0.353 e. The molecule has 0 radical (unpaired) electrons. The van der Waals surface area contributed by atoms with Gasteiger partial charge in [-0.15, -0.1) is 0 Å². The fourth-order valence-electron chi connectivity index (χ4n) is 3.60. The number of amides is 2. The van der Waals surface area contributed by atoms with E-state index in [1.165, 1.54) is 5.56 Å². The molecular formula is C23H26ClF2N3O2. The fraction of sp³-hybridized carbons (Fsp3) is 0.391. The molecule has 1 aliphatic heterocycles. The number of nitrogens with one attached hydrogen (secondary N) is 2. The van der Waals surface area contributed by atoms with Crippen LogP contribution in [0, 0.1) is 11.6 Å². The van der Waals surface area contributed by atoms with Gasteiger partial charge >= 0.3 is 0 Å². The number of piperidine rings is 1. The van der Waals surface area contributed by atoms with Crippen molar-refractivity contribution in [3.63, 3.8) is 0 Å². The molecule has 2 aromatic carbocycles. The Hall–Kier alpha value is -2.51. The Morgan fingerprint density at radius 2 is 1.77 bits per heavy atom. The second-order valence-electron chi connectivity index (χ2n) is 7.73. The van der Waals surface area contributed by atoms with Crippen LogP contribution in [0.15, 0.2) is 42.5 Å². The number of halogens is 3. The first kappa shape index (κ1) is 23.2. The summed E-state index contributed by atoms with van der Waals surface area (Å²) >= 11 is 5.92. The summed E-state index contributed by atoms with van der Waals surface area (Å²) in [6.07, 6.45) is 2.49. The van der Waals surface area contributed by atoms with Gasteiger partial charge in [-0.05, 0) is 49.1 Å². The molecule has 0 bridgehead atoms. The van der Waals surface area contributed by atoms with Crippen molar-refractivity contribution >= 4 is 23.4 Å². The van der Waals surface area contributed by atoms with Crippen molar-refractivity contribution in [1.82, 2.24) is 15.5 Å². The maximum absolute atomic E-state index is 13.6. The Morgan fingerprint density at radius 3 is 2.45 bits per heavy atom. The molecule has 5 nitrogen and oxygen atoms in total. The monoisotopic (exact) mass is 449 g/mol. The summed E-state index contributed by atoms with van der Waals surface area (Å²) in [7, 11) is 0. The fourth-order valence-corrected chi connectivity index (χ4v) is 3.73. The van der Waals surface area contributed by atoms with E-state index in [9.17, 15) is 18.4 Å². The molecule has 8 heteroatoms. The Balaban J connectivity index is 1.30. The molecular weight excluding hydrogens is 424 g/mol. The van der Waals surface area contributed by atoms with Crippen LogP contribution in [0.2, 0.25) is 5.02 Å². The summed E-state index contributed by atoms with van der Waals surface area (Å²) in [5.74, 6) is -2.32. The number of carbonyl (C=O) groups is 2. The van der Waals surface area contributed by atoms with Crippen LogP contribution in [0.3, 0.4) is 0 Å². The minimum atomic E-state index is -0.905. The van der Waals surface area contributed by atoms with Crippen LogP contribution in [0.4, 0.5) is 8.78 Å². The van der Waals surface area contributed by atoms with Gasteiger partial charge in [0.05, 0.1) is 5.56 Å². The van der Waals surface area contributed by atoms with Crippen LogP contribution in [-0.2, 0) is 11.3 Å². The molecule has 0 aliphatic carbocycles. The highest BCUT2D eigenvalue weighted by molar-refractivity contribution is 6.30. The summed E-state index contributed by atoms with van der Waals surface area (Å²) in [5.41, 5.74) is 1.01. The van der Waals surface area contributed by atoms with Crippen molar-refractivity contribution in [2.45, 2.75) is 38.3 Å². The van der Waals surface area contributed by atoms with Crippen LogP contribution >= 0.6 is 11.6 Å². The molecule has 0 atom stereocenters. The van der Waals surface area contributed by atoms with Crippen LogP contribution in [-0.4, -0.2) is 42.4 Å². The van der Waals surface area contributed by atoms with Gasteiger partial charge in [-0.1, -0.05) is 23.7 Å². The summed E-state index contributed by atoms with van der Waals surface area (Å²) in [5, 5.41) is 6.33. The van der Waals surface area contributed by atoms with E-state index in [0.29, 0.717) is 12.5 Å². The van der Waals surface area contributed by atoms with Gasteiger partial charge in [0.25, 0.3) is 5.91 Å². The molecule has 1 heterocycles. The van der Waals surface area contributed by atoms with Crippen molar-refractivity contribution in [2.24, 2.45) is 0 Å². The molecule has 0 spiro atoms. The van der Waals surface area contributed by atoms with Crippen molar-refractivity contribution < 1.29 is 18.4 Å². The van der Waals surface area contributed by atoms with Crippen molar-refractivity contribution in [1.29, 1.82) is 0 Å². The van der Waals surface area contributed by atoms with E-state index < -0.39 is 17.5 Å². The number of carbonyl (C=O) groups excluding carboxylic acids is 2. The number of hydrogen-bond acceptors (Lipinski definition) is 3. The van der Waals surface area contributed by atoms with Gasteiger partial charge in [0.15, 0.2) is 0 Å². The summed E-state index contributed by atoms with van der Waals surface area (Å²) in [6, 6.07) is 10.8. The predicted molar refractivity (Wildman–Crippen MR) is 116 cm³/mol. The lowest BCUT2D eigenvalue weighted by atomic mass is 10.0. The third-order valence-corrected chi connectivity index (χ3v) is 5.57. The second-order valence-corrected chi connectivity index (χ2v) is 8.16. The summed E-state index contributed by atoms with van der Waals surface area (Å²) in [6.45, 7) is 2.93. The number of likely N-dealkylation sites (tertiary alicyclic amines) is 1. The van der Waals surface area contributed by atoms with E-state index in [-0.39, 0.29) is 30.5 Å². The zero-order valence-corrected chi connectivity index (χ0v) is 17.9. The summed E-state index contributed by atoms with van der Waals surface area (Å²) < 4.78 is 26.5. The maximum atomic E-state index is 13.6. The Morgan fingerprint density at radius 1 is 1.06 bits per heavy atom. The zero-order valence-electron chi connectivity index (χ0n) is 17.2. The van der Waals surface area contributed by atoms with E-state index >= 15 is 0 Å².